The summed E-state index contributed by atoms with van der Waals surface area (Å²) in [6.45, 7) is 7.02. The number of ether oxygens (including phenoxy) is 2. The molecule has 0 aliphatic carbocycles. The van der Waals surface area contributed by atoms with Crippen molar-refractivity contribution in [2.45, 2.75) is 58.3 Å². The Hall–Kier alpha value is -3.25. The Kier molecular flexibility index (Phi) is 7.45. The summed E-state index contributed by atoms with van der Waals surface area (Å²) in [5.74, 6) is 0.338. The predicted octanol–water partition coefficient (Wildman–Crippen LogP) is 4.46. The van der Waals surface area contributed by atoms with Gasteiger partial charge >= 0.3 is 6.18 Å². The van der Waals surface area contributed by atoms with E-state index in [-0.39, 0.29) is 32.1 Å². The SMILES string of the molecule is C[Si](C)(C)CCOCn1ncc(N2Cc3ccnc(OCc4cccnc4)c3C2)c(C(F)(F)F)c1=O. The number of nitrogens with zero attached hydrogens (tertiary/aromatic N) is 5. The third kappa shape index (κ3) is 6.11. The molecule has 1 aliphatic rings. The van der Waals surface area contributed by atoms with Gasteiger partial charge in [-0.1, -0.05) is 25.7 Å². The summed E-state index contributed by atoms with van der Waals surface area (Å²) in [6.07, 6.45) is 1.10. The van der Waals surface area contributed by atoms with Gasteiger partial charge in [0.15, 0.2) is 0 Å². The summed E-state index contributed by atoms with van der Waals surface area (Å²) in [5, 5.41) is 3.99. The minimum absolute atomic E-state index is 0.104. The molecule has 4 heterocycles. The van der Waals surface area contributed by atoms with Gasteiger partial charge in [0.05, 0.1) is 11.9 Å². The summed E-state index contributed by atoms with van der Waals surface area (Å²) in [7, 11) is -1.38. The molecule has 0 saturated heterocycles. The van der Waals surface area contributed by atoms with Crippen LogP contribution in [-0.2, 0) is 37.3 Å². The molecule has 36 heavy (non-hydrogen) atoms. The van der Waals surface area contributed by atoms with Crippen molar-refractivity contribution in [2.24, 2.45) is 0 Å². The van der Waals surface area contributed by atoms with Gasteiger partial charge in [0.25, 0.3) is 5.56 Å². The fraction of sp³-hybridized carbons (Fsp3) is 0.417. The smallest absolute Gasteiger partial charge is 0.423 e. The maximum absolute atomic E-state index is 14.1. The highest BCUT2D eigenvalue weighted by Crippen LogP contribution is 2.38. The second kappa shape index (κ2) is 10.4. The standard InChI is InChI=1S/C24H28F3N5O3Si/c1-36(2,3)10-9-34-16-32-23(33)21(24(25,26)27)20(12-30-32)31-13-18-6-8-29-22(19(18)14-31)35-15-17-5-4-7-28-11-17/h4-8,11-12H,9-10,13-16H2,1-3H3. The first-order chi connectivity index (χ1) is 17.0. The van der Waals surface area contributed by atoms with Crippen molar-refractivity contribution in [3.05, 3.63) is 75.6 Å². The number of rotatable bonds is 9. The Balaban J connectivity index is 1.55. The molecule has 3 aromatic rings. The summed E-state index contributed by atoms with van der Waals surface area (Å²) in [6, 6.07) is 6.21. The second-order valence-corrected chi connectivity index (χ2v) is 15.4. The highest BCUT2D eigenvalue weighted by Gasteiger charge is 2.40. The van der Waals surface area contributed by atoms with E-state index >= 15 is 0 Å². The van der Waals surface area contributed by atoms with Gasteiger partial charge in [0, 0.05) is 57.5 Å². The van der Waals surface area contributed by atoms with Gasteiger partial charge in [0.2, 0.25) is 5.88 Å². The van der Waals surface area contributed by atoms with E-state index in [4.69, 9.17) is 9.47 Å². The van der Waals surface area contributed by atoms with Crippen molar-refractivity contribution in [1.82, 2.24) is 19.7 Å². The first kappa shape index (κ1) is 25.8. The Morgan fingerprint density at radius 3 is 2.61 bits per heavy atom. The number of anilines is 1. The number of alkyl halides is 3. The van der Waals surface area contributed by atoms with E-state index in [0.29, 0.717) is 18.1 Å². The van der Waals surface area contributed by atoms with Crippen LogP contribution >= 0.6 is 0 Å². The van der Waals surface area contributed by atoms with Crippen molar-refractivity contribution >= 4 is 13.8 Å². The topological polar surface area (TPSA) is 82.4 Å². The lowest BCUT2D eigenvalue weighted by Crippen LogP contribution is -2.34. The summed E-state index contributed by atoms with van der Waals surface area (Å²) in [5.41, 5.74) is -0.474. The number of pyridine rings is 2. The molecule has 0 N–H and O–H groups in total. The van der Waals surface area contributed by atoms with Gasteiger partial charge in [-0.05, 0) is 23.7 Å². The minimum atomic E-state index is -4.86. The number of halogens is 3. The fourth-order valence-electron chi connectivity index (χ4n) is 3.82. The third-order valence-electron chi connectivity index (χ3n) is 5.78. The Morgan fingerprint density at radius 2 is 1.92 bits per heavy atom. The number of fused-ring (bicyclic) bond motifs is 1. The lowest BCUT2D eigenvalue weighted by atomic mass is 10.2. The molecule has 0 spiro atoms. The van der Waals surface area contributed by atoms with Crippen LogP contribution in [0.1, 0.15) is 22.3 Å². The van der Waals surface area contributed by atoms with Gasteiger partial charge < -0.3 is 14.4 Å². The van der Waals surface area contributed by atoms with Gasteiger partial charge in [-0.15, -0.1) is 0 Å². The van der Waals surface area contributed by atoms with E-state index in [0.717, 1.165) is 28.0 Å². The van der Waals surface area contributed by atoms with E-state index < -0.39 is 25.4 Å². The van der Waals surface area contributed by atoms with Crippen LogP contribution in [0.25, 0.3) is 0 Å². The number of hydrogen-bond acceptors (Lipinski definition) is 7. The maximum Gasteiger partial charge on any atom is 0.423 e. The Morgan fingerprint density at radius 1 is 1.11 bits per heavy atom. The van der Waals surface area contributed by atoms with Crippen LogP contribution in [-0.4, -0.2) is 34.4 Å². The molecule has 4 rings (SSSR count). The molecular formula is C24H28F3N5O3Si. The van der Waals surface area contributed by atoms with E-state index in [2.05, 4.69) is 34.7 Å². The molecule has 0 atom stereocenters. The molecule has 12 heteroatoms. The summed E-state index contributed by atoms with van der Waals surface area (Å²) in [4.78, 5) is 22.6. The van der Waals surface area contributed by atoms with Gasteiger partial charge in [-0.25, -0.2) is 9.67 Å². The van der Waals surface area contributed by atoms with Gasteiger partial charge in [-0.2, -0.15) is 18.3 Å². The van der Waals surface area contributed by atoms with Crippen LogP contribution in [0, 0.1) is 0 Å². The molecule has 8 nitrogen and oxygen atoms in total. The minimum Gasteiger partial charge on any atom is -0.472 e. The molecule has 0 saturated carbocycles. The van der Waals surface area contributed by atoms with E-state index in [1.165, 1.54) is 4.90 Å². The third-order valence-corrected chi connectivity index (χ3v) is 7.48. The zero-order valence-corrected chi connectivity index (χ0v) is 21.4. The Bertz CT molecular complexity index is 1260. The van der Waals surface area contributed by atoms with E-state index in [9.17, 15) is 18.0 Å². The van der Waals surface area contributed by atoms with Crippen molar-refractivity contribution in [2.75, 3.05) is 11.5 Å². The lowest BCUT2D eigenvalue weighted by Gasteiger charge is -2.22. The summed E-state index contributed by atoms with van der Waals surface area (Å²) < 4.78 is 54.2. The molecule has 0 bridgehead atoms. The number of hydrogen-bond donors (Lipinski definition) is 0. The molecule has 1 aliphatic heterocycles. The molecular weight excluding hydrogens is 491 g/mol. The number of aromatic nitrogens is 4. The van der Waals surface area contributed by atoms with Gasteiger partial charge in [-0.3, -0.25) is 9.78 Å². The highest BCUT2D eigenvalue weighted by atomic mass is 28.3. The lowest BCUT2D eigenvalue weighted by molar-refractivity contribution is -0.138. The largest absolute Gasteiger partial charge is 0.472 e. The van der Waals surface area contributed by atoms with Crippen molar-refractivity contribution in [3.8, 4) is 5.88 Å². The zero-order chi connectivity index (χ0) is 25.9. The van der Waals surface area contributed by atoms with E-state index in [1.807, 2.05) is 6.07 Å². The van der Waals surface area contributed by atoms with Crippen LogP contribution < -0.4 is 15.2 Å². The first-order valence-corrected chi connectivity index (χ1v) is 15.2. The monoisotopic (exact) mass is 519 g/mol. The molecule has 0 radical (unpaired) electrons. The van der Waals surface area contributed by atoms with E-state index in [1.54, 1.807) is 30.7 Å². The van der Waals surface area contributed by atoms with Crippen LogP contribution in [0.3, 0.4) is 0 Å². The molecule has 3 aromatic heterocycles. The van der Waals surface area contributed by atoms with Crippen molar-refractivity contribution < 1.29 is 22.6 Å². The first-order valence-electron chi connectivity index (χ1n) is 11.5. The van der Waals surface area contributed by atoms with Crippen LogP contribution in [0.4, 0.5) is 18.9 Å². The molecule has 0 unspecified atom stereocenters. The molecule has 192 valence electrons. The summed E-state index contributed by atoms with van der Waals surface area (Å²) >= 11 is 0. The van der Waals surface area contributed by atoms with Crippen LogP contribution in [0.15, 0.2) is 47.8 Å². The Labute approximate surface area is 207 Å². The maximum atomic E-state index is 14.1. The quantitative estimate of drug-likeness (QED) is 0.305. The highest BCUT2D eigenvalue weighted by molar-refractivity contribution is 6.76. The molecule has 0 amide bonds. The predicted molar refractivity (Wildman–Crippen MR) is 130 cm³/mol. The average Bonchev–Trinajstić information content (AvgIpc) is 3.25. The zero-order valence-electron chi connectivity index (χ0n) is 20.4. The van der Waals surface area contributed by atoms with Crippen LogP contribution in [0.2, 0.25) is 25.7 Å². The second-order valence-electron chi connectivity index (χ2n) is 9.82. The van der Waals surface area contributed by atoms with Crippen LogP contribution in [0.5, 0.6) is 5.88 Å². The molecule has 0 fully saturated rings. The average molecular weight is 520 g/mol. The molecule has 0 aromatic carbocycles. The normalized spacial score (nSPS) is 13.7. The van der Waals surface area contributed by atoms with Crippen molar-refractivity contribution in [1.29, 1.82) is 0 Å². The van der Waals surface area contributed by atoms with Crippen molar-refractivity contribution in [3.63, 3.8) is 0 Å². The fourth-order valence-corrected chi connectivity index (χ4v) is 4.57. The van der Waals surface area contributed by atoms with Gasteiger partial charge in [0.1, 0.15) is 18.9 Å².